The van der Waals surface area contributed by atoms with Gasteiger partial charge in [0.1, 0.15) is 0 Å². The van der Waals surface area contributed by atoms with Crippen LogP contribution in [0.15, 0.2) is 18.2 Å². The van der Waals surface area contributed by atoms with Gasteiger partial charge >= 0.3 is 0 Å². The minimum Gasteiger partial charge on any atom is -0.288 e. The van der Waals surface area contributed by atoms with Gasteiger partial charge in [-0.1, -0.05) is 13.8 Å². The van der Waals surface area contributed by atoms with Crippen LogP contribution < -0.4 is 10.1 Å². The Morgan fingerprint density at radius 3 is 1.50 bits per heavy atom. The third-order valence-electron chi connectivity index (χ3n) is 3.87. The first-order valence-electron chi connectivity index (χ1n) is 8.01. The van der Waals surface area contributed by atoms with Crippen LogP contribution in [-0.2, 0) is 0 Å². The highest BCUT2D eigenvalue weighted by Crippen LogP contribution is 2.33. The highest BCUT2D eigenvalue weighted by molar-refractivity contribution is 5.61. The predicted molar refractivity (Wildman–Crippen MR) is 93.2 cm³/mol. The molecule has 2 N–H and O–H groups in total. The summed E-state index contributed by atoms with van der Waals surface area (Å²) >= 11 is 0. The number of anilines is 2. The second-order valence-corrected chi connectivity index (χ2v) is 8.06. The van der Waals surface area contributed by atoms with Crippen molar-refractivity contribution in [1.29, 1.82) is 0 Å². The van der Waals surface area contributed by atoms with Gasteiger partial charge in [0.15, 0.2) is 0 Å². The van der Waals surface area contributed by atoms with Gasteiger partial charge < -0.3 is 0 Å². The van der Waals surface area contributed by atoms with Crippen LogP contribution in [0.2, 0.25) is 0 Å². The number of hydrogen-bond donors (Lipinski definition) is 2. The van der Waals surface area contributed by atoms with Crippen LogP contribution in [0.25, 0.3) is 0 Å². The molecule has 0 radical (unpaired) electrons. The highest BCUT2D eigenvalue weighted by Gasteiger charge is 2.25. The van der Waals surface area contributed by atoms with Crippen molar-refractivity contribution in [2.24, 2.45) is 0 Å². The Labute approximate surface area is 135 Å². The Morgan fingerprint density at radius 2 is 1.23 bits per heavy atom. The standard InChI is InChI=1S/C18H32N2O2/c1-9-13(2)14-10-15(19(21)17(3,4)5)12-16(11-14)20(22)18(6,7)8/h10-13,21-22H,9H2,1-8H3. The van der Waals surface area contributed by atoms with E-state index < -0.39 is 11.1 Å². The normalized spacial score (nSPS) is 13.9. The smallest absolute Gasteiger partial charge is 0.0664 e. The van der Waals surface area contributed by atoms with Gasteiger partial charge in [0.25, 0.3) is 0 Å². The molecule has 1 unspecified atom stereocenters. The van der Waals surface area contributed by atoms with Gasteiger partial charge in [-0.05, 0) is 77.6 Å². The summed E-state index contributed by atoms with van der Waals surface area (Å²) in [6.07, 6.45) is 1.00. The highest BCUT2D eigenvalue weighted by atomic mass is 16.5. The number of hydroxylamine groups is 2. The van der Waals surface area contributed by atoms with Crippen LogP contribution >= 0.6 is 0 Å². The van der Waals surface area contributed by atoms with Crippen molar-refractivity contribution in [1.82, 2.24) is 0 Å². The van der Waals surface area contributed by atoms with E-state index in [1.807, 2.05) is 59.7 Å². The van der Waals surface area contributed by atoms with E-state index in [-0.39, 0.29) is 0 Å². The van der Waals surface area contributed by atoms with Crippen molar-refractivity contribution in [3.05, 3.63) is 23.8 Å². The Balaban J connectivity index is 3.40. The second-order valence-electron chi connectivity index (χ2n) is 8.06. The molecule has 0 saturated heterocycles. The fraction of sp³-hybridized carbons (Fsp3) is 0.667. The van der Waals surface area contributed by atoms with E-state index in [0.717, 1.165) is 12.0 Å². The Morgan fingerprint density at radius 1 is 0.864 bits per heavy atom. The largest absolute Gasteiger partial charge is 0.288 e. The van der Waals surface area contributed by atoms with E-state index in [1.54, 1.807) is 0 Å². The van der Waals surface area contributed by atoms with Gasteiger partial charge in [-0.2, -0.15) is 0 Å². The molecule has 1 aromatic rings. The van der Waals surface area contributed by atoms with Crippen LogP contribution in [-0.4, -0.2) is 21.5 Å². The topological polar surface area (TPSA) is 46.9 Å². The van der Waals surface area contributed by atoms with Crippen LogP contribution in [0.4, 0.5) is 11.4 Å². The maximum absolute atomic E-state index is 10.5. The van der Waals surface area contributed by atoms with E-state index in [0.29, 0.717) is 17.3 Å². The average Bonchev–Trinajstić information content (AvgIpc) is 2.42. The lowest BCUT2D eigenvalue weighted by atomic mass is 9.96. The first-order valence-corrected chi connectivity index (χ1v) is 8.01. The molecule has 0 aliphatic heterocycles. The lowest BCUT2D eigenvalue weighted by Crippen LogP contribution is -2.40. The lowest BCUT2D eigenvalue weighted by Gasteiger charge is -2.35. The summed E-state index contributed by atoms with van der Waals surface area (Å²) < 4.78 is 0. The molecule has 4 nitrogen and oxygen atoms in total. The SMILES string of the molecule is CCC(C)c1cc(N(O)C(C)(C)C)cc(N(O)C(C)(C)C)c1. The summed E-state index contributed by atoms with van der Waals surface area (Å²) in [6.45, 7) is 16.0. The number of rotatable bonds is 4. The molecule has 0 spiro atoms. The minimum absolute atomic E-state index is 0.362. The Kier molecular flexibility index (Phi) is 5.52. The Bertz CT molecular complexity index is 463. The third-order valence-corrected chi connectivity index (χ3v) is 3.87. The van der Waals surface area contributed by atoms with Crippen LogP contribution in [0.1, 0.15) is 73.3 Å². The summed E-state index contributed by atoms with van der Waals surface area (Å²) in [5.41, 5.74) is 1.69. The number of benzene rings is 1. The molecule has 22 heavy (non-hydrogen) atoms. The van der Waals surface area contributed by atoms with Crippen molar-refractivity contribution >= 4 is 11.4 Å². The van der Waals surface area contributed by atoms with E-state index in [2.05, 4.69) is 13.8 Å². The third kappa shape index (κ3) is 4.37. The van der Waals surface area contributed by atoms with E-state index in [4.69, 9.17) is 0 Å². The molecule has 0 aromatic heterocycles. The maximum atomic E-state index is 10.5. The van der Waals surface area contributed by atoms with Crippen LogP contribution in [0, 0.1) is 0 Å². The quantitative estimate of drug-likeness (QED) is 0.752. The van der Waals surface area contributed by atoms with Crippen molar-refractivity contribution in [2.45, 2.75) is 78.8 Å². The fourth-order valence-electron chi connectivity index (χ4n) is 2.16. The summed E-state index contributed by atoms with van der Waals surface area (Å²) in [5.74, 6) is 0.362. The average molecular weight is 308 g/mol. The maximum Gasteiger partial charge on any atom is 0.0664 e. The lowest BCUT2D eigenvalue weighted by molar-refractivity contribution is 0.176. The first-order chi connectivity index (χ1) is 9.87. The molecule has 126 valence electrons. The molecule has 1 atom stereocenters. The van der Waals surface area contributed by atoms with Crippen molar-refractivity contribution in [3.8, 4) is 0 Å². The van der Waals surface area contributed by atoms with E-state index in [1.165, 1.54) is 10.1 Å². The first kappa shape index (κ1) is 18.8. The van der Waals surface area contributed by atoms with Crippen LogP contribution in [0.5, 0.6) is 0 Å². The van der Waals surface area contributed by atoms with Gasteiger partial charge in [0.2, 0.25) is 0 Å². The van der Waals surface area contributed by atoms with Crippen molar-refractivity contribution in [3.63, 3.8) is 0 Å². The zero-order chi connectivity index (χ0) is 17.3. The summed E-state index contributed by atoms with van der Waals surface area (Å²) in [5, 5.41) is 23.5. The molecule has 0 amide bonds. The van der Waals surface area contributed by atoms with Crippen LogP contribution in [0.3, 0.4) is 0 Å². The molecule has 0 aliphatic rings. The minimum atomic E-state index is -0.409. The monoisotopic (exact) mass is 308 g/mol. The summed E-state index contributed by atoms with van der Waals surface area (Å²) in [4.78, 5) is 0. The molecule has 1 rings (SSSR count). The zero-order valence-electron chi connectivity index (χ0n) is 15.3. The number of nitrogens with zero attached hydrogens (tertiary/aromatic N) is 2. The number of hydrogen-bond acceptors (Lipinski definition) is 4. The Hall–Kier alpha value is -1.26. The van der Waals surface area contributed by atoms with Crippen molar-refractivity contribution < 1.29 is 10.4 Å². The predicted octanol–water partition coefficient (Wildman–Crippen LogP) is 5.19. The van der Waals surface area contributed by atoms with Gasteiger partial charge in [-0.15, -0.1) is 0 Å². The van der Waals surface area contributed by atoms with Crippen molar-refractivity contribution in [2.75, 3.05) is 10.1 Å². The van der Waals surface area contributed by atoms with E-state index >= 15 is 0 Å². The second kappa shape index (κ2) is 6.47. The van der Waals surface area contributed by atoms with Gasteiger partial charge in [0, 0.05) is 0 Å². The molecule has 0 heterocycles. The zero-order valence-corrected chi connectivity index (χ0v) is 15.3. The van der Waals surface area contributed by atoms with Gasteiger partial charge in [0.05, 0.1) is 22.5 Å². The van der Waals surface area contributed by atoms with Gasteiger partial charge in [-0.25, -0.2) is 0 Å². The molecular weight excluding hydrogens is 276 g/mol. The molecule has 0 aliphatic carbocycles. The van der Waals surface area contributed by atoms with Gasteiger partial charge in [-0.3, -0.25) is 20.5 Å². The molecule has 4 heteroatoms. The van der Waals surface area contributed by atoms with E-state index in [9.17, 15) is 10.4 Å². The molecule has 1 aromatic carbocycles. The molecular formula is C18H32N2O2. The molecule has 0 saturated carbocycles. The molecule has 0 bridgehead atoms. The summed E-state index contributed by atoms with van der Waals surface area (Å²) in [7, 11) is 0. The molecule has 0 fully saturated rings. The summed E-state index contributed by atoms with van der Waals surface area (Å²) in [6, 6.07) is 5.82. The fourth-order valence-corrected chi connectivity index (χ4v) is 2.16.